The second-order valence-corrected chi connectivity index (χ2v) is 9.68. The summed E-state index contributed by atoms with van der Waals surface area (Å²) in [6.45, 7) is 3.60. The average Bonchev–Trinajstić information content (AvgIpc) is 3.05. The second kappa shape index (κ2) is 8.30. The van der Waals surface area contributed by atoms with Gasteiger partial charge >= 0.3 is 0 Å². The SMILES string of the molecule is Cc1ccc(S(=O)(=O)NC2CCN(CC(=O)Nc3ccccc3)CC2)s1. The zero-order valence-corrected chi connectivity index (χ0v) is 16.3. The van der Waals surface area contributed by atoms with Crippen LogP contribution in [0.1, 0.15) is 17.7 Å². The maximum atomic E-state index is 12.4. The molecule has 1 aliphatic rings. The molecular formula is C18H23N3O3S2. The van der Waals surface area contributed by atoms with E-state index in [4.69, 9.17) is 0 Å². The second-order valence-electron chi connectivity index (χ2n) is 6.45. The summed E-state index contributed by atoms with van der Waals surface area (Å²) in [5, 5.41) is 2.87. The highest BCUT2D eigenvalue weighted by Gasteiger charge is 2.26. The van der Waals surface area contributed by atoms with E-state index < -0.39 is 10.0 Å². The molecule has 1 fully saturated rings. The van der Waals surface area contributed by atoms with Gasteiger partial charge < -0.3 is 5.32 Å². The number of benzene rings is 1. The fourth-order valence-corrected chi connectivity index (χ4v) is 5.57. The summed E-state index contributed by atoms with van der Waals surface area (Å²) in [6.07, 6.45) is 1.39. The Morgan fingerprint density at radius 2 is 1.85 bits per heavy atom. The minimum Gasteiger partial charge on any atom is -0.325 e. The number of sulfonamides is 1. The quantitative estimate of drug-likeness (QED) is 0.790. The predicted molar refractivity (Wildman–Crippen MR) is 104 cm³/mol. The van der Waals surface area contributed by atoms with Crippen LogP contribution in [0.15, 0.2) is 46.7 Å². The summed E-state index contributed by atoms with van der Waals surface area (Å²) in [5.41, 5.74) is 0.784. The van der Waals surface area contributed by atoms with Crippen LogP contribution < -0.4 is 10.0 Å². The maximum absolute atomic E-state index is 12.4. The molecule has 1 aromatic heterocycles. The van der Waals surface area contributed by atoms with Crippen molar-refractivity contribution in [2.75, 3.05) is 25.0 Å². The number of carbonyl (C=O) groups is 1. The first-order chi connectivity index (χ1) is 12.4. The number of nitrogens with one attached hydrogen (secondary N) is 2. The molecule has 6 nitrogen and oxygen atoms in total. The number of aryl methyl sites for hydroxylation is 1. The van der Waals surface area contributed by atoms with Gasteiger partial charge in [0.15, 0.2) is 0 Å². The number of thiophene rings is 1. The number of piperidine rings is 1. The van der Waals surface area contributed by atoms with Crippen LogP contribution in [0.3, 0.4) is 0 Å². The van der Waals surface area contributed by atoms with E-state index in [2.05, 4.69) is 14.9 Å². The number of carbonyl (C=O) groups excluding carboxylic acids is 1. The molecule has 8 heteroatoms. The van der Waals surface area contributed by atoms with E-state index in [1.807, 2.05) is 43.3 Å². The lowest BCUT2D eigenvalue weighted by Gasteiger charge is -2.31. The Kier molecular flexibility index (Phi) is 6.08. The van der Waals surface area contributed by atoms with Gasteiger partial charge in [-0.25, -0.2) is 13.1 Å². The predicted octanol–water partition coefficient (Wildman–Crippen LogP) is 2.44. The molecule has 1 amide bonds. The summed E-state index contributed by atoms with van der Waals surface area (Å²) < 4.78 is 28.0. The standard InChI is InChI=1S/C18H23N3O3S2/c1-14-7-8-18(25-14)26(23,24)20-16-9-11-21(12-10-16)13-17(22)19-15-5-3-2-4-6-15/h2-8,16,20H,9-13H2,1H3,(H,19,22). The molecule has 0 bridgehead atoms. The number of para-hydroxylation sites is 1. The van der Waals surface area contributed by atoms with E-state index in [0.717, 1.165) is 10.6 Å². The molecule has 2 aromatic rings. The van der Waals surface area contributed by atoms with Crippen LogP contribution >= 0.6 is 11.3 Å². The van der Waals surface area contributed by atoms with Gasteiger partial charge in [-0.2, -0.15) is 0 Å². The molecule has 1 aromatic carbocycles. The van der Waals surface area contributed by atoms with Crippen molar-refractivity contribution in [3.8, 4) is 0 Å². The number of hydrogen-bond donors (Lipinski definition) is 2. The van der Waals surface area contributed by atoms with Gasteiger partial charge in [0, 0.05) is 29.7 Å². The van der Waals surface area contributed by atoms with Gasteiger partial charge in [0.2, 0.25) is 15.9 Å². The molecule has 2 heterocycles. The fourth-order valence-electron chi connectivity index (χ4n) is 2.97. The molecule has 0 saturated carbocycles. The van der Waals surface area contributed by atoms with Crippen molar-refractivity contribution < 1.29 is 13.2 Å². The molecule has 0 aliphatic carbocycles. The number of anilines is 1. The van der Waals surface area contributed by atoms with Gasteiger partial charge in [-0.05, 0) is 44.0 Å². The third-order valence-electron chi connectivity index (χ3n) is 4.31. The number of rotatable bonds is 6. The van der Waals surface area contributed by atoms with Crippen molar-refractivity contribution in [3.05, 3.63) is 47.3 Å². The first kappa shape index (κ1) is 19.0. The summed E-state index contributed by atoms with van der Waals surface area (Å²) in [7, 11) is -3.45. The van der Waals surface area contributed by atoms with E-state index in [9.17, 15) is 13.2 Å². The van der Waals surface area contributed by atoms with Gasteiger partial charge in [0.1, 0.15) is 4.21 Å². The Hall–Kier alpha value is -1.74. The summed E-state index contributed by atoms with van der Waals surface area (Å²) in [6, 6.07) is 12.7. The van der Waals surface area contributed by atoms with Gasteiger partial charge in [-0.15, -0.1) is 11.3 Å². The van der Waals surface area contributed by atoms with E-state index in [1.54, 1.807) is 6.07 Å². The minimum atomic E-state index is -3.45. The molecule has 0 unspecified atom stereocenters. The topological polar surface area (TPSA) is 78.5 Å². The van der Waals surface area contributed by atoms with Crippen LogP contribution in [0, 0.1) is 6.92 Å². The first-order valence-electron chi connectivity index (χ1n) is 8.58. The third-order valence-corrected chi connectivity index (χ3v) is 7.33. The lowest BCUT2D eigenvalue weighted by atomic mass is 10.1. The number of amides is 1. The molecule has 140 valence electrons. The zero-order chi connectivity index (χ0) is 18.6. The van der Waals surface area contributed by atoms with Gasteiger partial charge in [-0.1, -0.05) is 18.2 Å². The normalized spacial score (nSPS) is 16.5. The minimum absolute atomic E-state index is 0.0516. The van der Waals surface area contributed by atoms with Crippen LogP contribution in [0.25, 0.3) is 0 Å². The largest absolute Gasteiger partial charge is 0.325 e. The Morgan fingerprint density at radius 3 is 2.46 bits per heavy atom. The highest BCUT2D eigenvalue weighted by molar-refractivity contribution is 7.91. The Labute approximate surface area is 158 Å². The van der Waals surface area contributed by atoms with E-state index in [-0.39, 0.29) is 11.9 Å². The lowest BCUT2D eigenvalue weighted by Crippen LogP contribution is -2.46. The third kappa shape index (κ3) is 5.14. The van der Waals surface area contributed by atoms with Crippen LogP contribution in [-0.2, 0) is 14.8 Å². The summed E-state index contributed by atoms with van der Waals surface area (Å²) in [5.74, 6) is -0.0516. The maximum Gasteiger partial charge on any atom is 0.250 e. The summed E-state index contributed by atoms with van der Waals surface area (Å²) >= 11 is 1.28. The average molecular weight is 394 g/mol. The van der Waals surface area contributed by atoms with Crippen LogP contribution in [-0.4, -0.2) is 44.9 Å². The lowest BCUT2D eigenvalue weighted by molar-refractivity contribution is -0.117. The molecule has 0 radical (unpaired) electrons. The molecule has 1 saturated heterocycles. The Bertz CT molecular complexity index is 842. The Morgan fingerprint density at radius 1 is 1.15 bits per heavy atom. The van der Waals surface area contributed by atoms with Crippen molar-refractivity contribution in [1.82, 2.24) is 9.62 Å². The van der Waals surface area contributed by atoms with Crippen LogP contribution in [0.5, 0.6) is 0 Å². The Balaban J connectivity index is 1.46. The van der Waals surface area contributed by atoms with E-state index >= 15 is 0 Å². The number of likely N-dealkylation sites (tertiary alicyclic amines) is 1. The molecule has 26 heavy (non-hydrogen) atoms. The molecule has 2 N–H and O–H groups in total. The number of hydrogen-bond acceptors (Lipinski definition) is 5. The highest BCUT2D eigenvalue weighted by Crippen LogP contribution is 2.22. The molecule has 1 aliphatic heterocycles. The smallest absolute Gasteiger partial charge is 0.250 e. The monoisotopic (exact) mass is 393 g/mol. The van der Waals surface area contributed by atoms with E-state index in [0.29, 0.717) is 36.7 Å². The van der Waals surface area contributed by atoms with E-state index in [1.165, 1.54) is 11.3 Å². The van der Waals surface area contributed by atoms with Crippen molar-refractivity contribution in [2.45, 2.75) is 30.0 Å². The zero-order valence-electron chi connectivity index (χ0n) is 14.6. The van der Waals surface area contributed by atoms with Gasteiger partial charge in [0.25, 0.3) is 0 Å². The highest BCUT2D eigenvalue weighted by atomic mass is 32.2. The number of nitrogens with zero attached hydrogens (tertiary/aromatic N) is 1. The first-order valence-corrected chi connectivity index (χ1v) is 10.9. The van der Waals surface area contributed by atoms with Crippen molar-refractivity contribution >= 4 is 33.0 Å². The molecule has 0 atom stereocenters. The van der Waals surface area contributed by atoms with Crippen molar-refractivity contribution in [3.63, 3.8) is 0 Å². The van der Waals surface area contributed by atoms with Crippen LogP contribution in [0.4, 0.5) is 5.69 Å². The van der Waals surface area contributed by atoms with Gasteiger partial charge in [-0.3, -0.25) is 9.69 Å². The van der Waals surface area contributed by atoms with Gasteiger partial charge in [0.05, 0.1) is 6.54 Å². The van der Waals surface area contributed by atoms with Crippen molar-refractivity contribution in [2.24, 2.45) is 0 Å². The van der Waals surface area contributed by atoms with Crippen molar-refractivity contribution in [1.29, 1.82) is 0 Å². The fraction of sp³-hybridized carbons (Fsp3) is 0.389. The van der Waals surface area contributed by atoms with Crippen LogP contribution in [0.2, 0.25) is 0 Å². The summed E-state index contributed by atoms with van der Waals surface area (Å²) in [4.78, 5) is 15.1. The molecule has 3 rings (SSSR count). The molecular weight excluding hydrogens is 370 g/mol. The molecule has 0 spiro atoms.